The van der Waals surface area contributed by atoms with Gasteiger partial charge in [-0.15, -0.1) is 11.3 Å². The van der Waals surface area contributed by atoms with Gasteiger partial charge < -0.3 is 9.30 Å². The van der Waals surface area contributed by atoms with Crippen molar-refractivity contribution in [3.8, 4) is 0 Å². The average Bonchev–Trinajstić information content (AvgIpc) is 3.01. The number of hydrogen-bond donors (Lipinski definition) is 0. The van der Waals surface area contributed by atoms with Crippen LogP contribution in [0.15, 0.2) is 11.2 Å². The molecule has 6 heteroatoms. The van der Waals surface area contributed by atoms with Crippen LogP contribution in [0.25, 0.3) is 0 Å². The summed E-state index contributed by atoms with van der Waals surface area (Å²) in [4.78, 5) is 31.6. The van der Waals surface area contributed by atoms with Crippen molar-refractivity contribution in [1.29, 1.82) is 0 Å². The minimum Gasteiger partial charge on any atom is -0.448 e. The molecule has 1 saturated carbocycles. The molecule has 3 rings (SSSR count). The van der Waals surface area contributed by atoms with Crippen molar-refractivity contribution in [2.75, 3.05) is 0 Å². The third-order valence-corrected chi connectivity index (χ3v) is 7.15. The minimum atomic E-state index is -1.11. The van der Waals surface area contributed by atoms with Crippen LogP contribution in [0.4, 0.5) is 0 Å². The van der Waals surface area contributed by atoms with Gasteiger partial charge in [-0.05, 0) is 33.1 Å². The number of rotatable bonds is 4. The quantitative estimate of drug-likeness (QED) is 0.784. The van der Waals surface area contributed by atoms with Crippen LogP contribution < -0.4 is 4.80 Å². The molecule has 1 amide bonds. The molecule has 0 spiro atoms. The molecular weight excluding hydrogens is 324 g/mol. The summed E-state index contributed by atoms with van der Waals surface area (Å²) in [6.07, 6.45) is 5.40. The molecule has 0 radical (unpaired) electrons. The maximum Gasteiger partial charge on any atom is 0.313 e. The maximum absolute atomic E-state index is 13.1. The zero-order valence-electron chi connectivity index (χ0n) is 15.1. The first kappa shape index (κ1) is 17.4. The molecule has 2 heterocycles. The van der Waals surface area contributed by atoms with Crippen molar-refractivity contribution in [2.24, 2.45) is 15.8 Å². The van der Waals surface area contributed by atoms with Crippen molar-refractivity contribution in [2.45, 2.75) is 72.4 Å². The molecule has 0 N–H and O–H groups in total. The Kier molecular flexibility index (Phi) is 4.02. The number of thiazole rings is 1. The zero-order chi connectivity index (χ0) is 17.8. The number of carbonyl (C=O) groups excluding carboxylic acids is 2. The fourth-order valence-corrected chi connectivity index (χ4v) is 4.84. The number of hydrogen-bond acceptors (Lipinski definition) is 4. The first-order valence-electron chi connectivity index (χ1n) is 8.67. The van der Waals surface area contributed by atoms with Crippen LogP contribution in [0.2, 0.25) is 0 Å². The minimum absolute atomic E-state index is 0.261. The standard InChI is InChI=1S/C18H26N2O3S/c1-6-7-10-20-11-12(2)24-15(20)19-13(21)18-9-8-17(5,14(22)23-18)16(18,3)4/h11H,6-10H2,1-5H3. The summed E-state index contributed by atoms with van der Waals surface area (Å²) in [6.45, 7) is 10.8. The molecule has 24 heavy (non-hydrogen) atoms. The second-order valence-electron chi connectivity index (χ2n) is 7.76. The summed E-state index contributed by atoms with van der Waals surface area (Å²) < 4.78 is 7.68. The van der Waals surface area contributed by atoms with E-state index in [1.807, 2.05) is 38.5 Å². The highest BCUT2D eigenvalue weighted by Gasteiger charge is 2.75. The lowest BCUT2D eigenvalue weighted by molar-refractivity contribution is -0.166. The Morgan fingerprint density at radius 2 is 2.08 bits per heavy atom. The topological polar surface area (TPSA) is 60.7 Å². The fourth-order valence-electron chi connectivity index (χ4n) is 3.98. The number of esters is 1. The van der Waals surface area contributed by atoms with Crippen LogP contribution >= 0.6 is 11.3 Å². The van der Waals surface area contributed by atoms with Crippen molar-refractivity contribution >= 4 is 23.2 Å². The molecule has 2 atom stereocenters. The van der Waals surface area contributed by atoms with Gasteiger partial charge >= 0.3 is 5.97 Å². The van der Waals surface area contributed by atoms with E-state index < -0.39 is 16.4 Å². The van der Waals surface area contributed by atoms with Gasteiger partial charge in [0.25, 0.3) is 5.91 Å². The molecule has 2 fully saturated rings. The van der Waals surface area contributed by atoms with E-state index in [0.29, 0.717) is 17.6 Å². The number of ether oxygens (including phenoxy) is 1. The van der Waals surface area contributed by atoms with Crippen molar-refractivity contribution in [3.05, 3.63) is 15.9 Å². The Balaban J connectivity index is 2.01. The van der Waals surface area contributed by atoms with Gasteiger partial charge in [0.1, 0.15) is 0 Å². The molecule has 0 aromatic carbocycles. The predicted molar refractivity (Wildman–Crippen MR) is 92.5 cm³/mol. The molecule has 2 bridgehead atoms. The SMILES string of the molecule is CCCCn1cc(C)sc1=NC(=O)C12CCC(C)(C(=O)O1)C2(C)C. The van der Waals surface area contributed by atoms with Gasteiger partial charge in [0.15, 0.2) is 10.4 Å². The van der Waals surface area contributed by atoms with Gasteiger partial charge in [0, 0.05) is 23.0 Å². The number of aromatic nitrogens is 1. The molecule has 2 unspecified atom stereocenters. The molecule has 1 aromatic rings. The van der Waals surface area contributed by atoms with Crippen LogP contribution in [-0.2, 0) is 20.9 Å². The third kappa shape index (κ3) is 2.15. The molecule has 1 aliphatic heterocycles. The Morgan fingerprint density at radius 3 is 2.62 bits per heavy atom. The Bertz CT molecular complexity index is 761. The first-order valence-corrected chi connectivity index (χ1v) is 9.49. The lowest BCUT2D eigenvalue weighted by Crippen LogP contribution is -2.47. The molecule has 1 saturated heterocycles. The highest BCUT2D eigenvalue weighted by Crippen LogP contribution is 2.65. The van der Waals surface area contributed by atoms with E-state index in [4.69, 9.17) is 4.74 Å². The van der Waals surface area contributed by atoms with E-state index in [2.05, 4.69) is 11.9 Å². The lowest BCUT2D eigenvalue weighted by Gasteiger charge is -2.33. The summed E-state index contributed by atoms with van der Waals surface area (Å²) in [5, 5.41) is 0. The number of unbranched alkanes of at least 4 members (excludes halogenated alkanes) is 1. The van der Waals surface area contributed by atoms with E-state index >= 15 is 0 Å². The molecule has 1 aromatic heterocycles. The maximum atomic E-state index is 13.1. The van der Waals surface area contributed by atoms with Crippen molar-refractivity contribution in [3.63, 3.8) is 0 Å². The number of nitrogens with zero attached hydrogens (tertiary/aromatic N) is 2. The van der Waals surface area contributed by atoms with E-state index in [9.17, 15) is 9.59 Å². The molecule has 5 nitrogen and oxygen atoms in total. The van der Waals surface area contributed by atoms with Gasteiger partial charge in [0.2, 0.25) is 0 Å². The van der Waals surface area contributed by atoms with Gasteiger partial charge in [-0.2, -0.15) is 4.99 Å². The van der Waals surface area contributed by atoms with Gasteiger partial charge in [-0.25, -0.2) is 0 Å². The number of aryl methyl sites for hydroxylation is 2. The van der Waals surface area contributed by atoms with Crippen LogP contribution in [0.3, 0.4) is 0 Å². The molecule has 132 valence electrons. The summed E-state index contributed by atoms with van der Waals surface area (Å²) in [7, 11) is 0. The smallest absolute Gasteiger partial charge is 0.313 e. The highest BCUT2D eigenvalue weighted by molar-refractivity contribution is 7.09. The largest absolute Gasteiger partial charge is 0.448 e. The van der Waals surface area contributed by atoms with Gasteiger partial charge in [-0.1, -0.05) is 27.2 Å². The zero-order valence-corrected chi connectivity index (χ0v) is 16.0. The number of carbonyl (C=O) groups is 2. The lowest BCUT2D eigenvalue weighted by atomic mass is 9.66. The van der Waals surface area contributed by atoms with Crippen LogP contribution in [0.5, 0.6) is 0 Å². The van der Waals surface area contributed by atoms with Crippen LogP contribution in [-0.4, -0.2) is 22.0 Å². The van der Waals surface area contributed by atoms with Crippen molar-refractivity contribution in [1.82, 2.24) is 4.57 Å². The number of amides is 1. The summed E-state index contributed by atoms with van der Waals surface area (Å²) >= 11 is 1.51. The van der Waals surface area contributed by atoms with E-state index in [-0.39, 0.29) is 11.9 Å². The second-order valence-corrected chi connectivity index (χ2v) is 8.98. The molecular formula is C18H26N2O3S. The summed E-state index contributed by atoms with van der Waals surface area (Å²) in [5.41, 5.74) is -2.25. The Morgan fingerprint density at radius 1 is 1.38 bits per heavy atom. The monoisotopic (exact) mass is 350 g/mol. The Hall–Kier alpha value is -1.43. The summed E-state index contributed by atoms with van der Waals surface area (Å²) in [5.74, 6) is -0.572. The predicted octanol–water partition coefficient (Wildman–Crippen LogP) is 3.21. The van der Waals surface area contributed by atoms with E-state index in [1.54, 1.807) is 0 Å². The van der Waals surface area contributed by atoms with Crippen LogP contribution in [0.1, 0.15) is 58.3 Å². The molecule has 2 aliphatic rings. The third-order valence-electron chi connectivity index (χ3n) is 6.21. The van der Waals surface area contributed by atoms with Gasteiger partial charge in [-0.3, -0.25) is 9.59 Å². The normalized spacial score (nSPS) is 31.5. The van der Waals surface area contributed by atoms with Gasteiger partial charge in [0.05, 0.1) is 5.41 Å². The highest BCUT2D eigenvalue weighted by atomic mass is 32.1. The second kappa shape index (κ2) is 5.55. The average molecular weight is 350 g/mol. The first-order chi connectivity index (χ1) is 11.2. The van der Waals surface area contributed by atoms with Crippen LogP contribution in [0, 0.1) is 17.8 Å². The number of fused-ring (bicyclic) bond motifs is 2. The van der Waals surface area contributed by atoms with Crippen molar-refractivity contribution < 1.29 is 14.3 Å². The molecule has 1 aliphatic carbocycles. The van der Waals surface area contributed by atoms with E-state index in [1.165, 1.54) is 11.3 Å². The van der Waals surface area contributed by atoms with E-state index in [0.717, 1.165) is 24.3 Å². The fraction of sp³-hybridized carbons (Fsp3) is 0.722. The Labute approximate surface area is 146 Å². The summed E-state index contributed by atoms with van der Waals surface area (Å²) in [6, 6.07) is 0.